The van der Waals surface area contributed by atoms with Crippen LogP contribution in [0, 0.1) is 0 Å². The second kappa shape index (κ2) is 6.19. The summed E-state index contributed by atoms with van der Waals surface area (Å²) in [5.74, 6) is 0.525. The number of amides is 1. The Balaban J connectivity index is 2.12. The van der Waals surface area contributed by atoms with E-state index in [9.17, 15) is 18.0 Å². The standard InChI is InChI=1S/C18H16F3NO2/c1-24-14-7-8-15(16(11-14)22-9-3-6-17(22)23)12-4-2-5-13(10-12)18(19,20)21/h2,4-5,7-8,10-11H,3,6,9H2,1H3. The van der Waals surface area contributed by atoms with E-state index < -0.39 is 11.7 Å². The fraction of sp³-hybridized carbons (Fsp3) is 0.278. The predicted molar refractivity (Wildman–Crippen MR) is 85.0 cm³/mol. The van der Waals surface area contributed by atoms with Gasteiger partial charge in [-0.1, -0.05) is 12.1 Å². The van der Waals surface area contributed by atoms with Crippen molar-refractivity contribution in [2.45, 2.75) is 19.0 Å². The van der Waals surface area contributed by atoms with Crippen molar-refractivity contribution in [3.63, 3.8) is 0 Å². The number of nitrogens with zero attached hydrogens (tertiary/aromatic N) is 1. The lowest BCUT2D eigenvalue weighted by atomic mass is 10.00. The number of hydrogen-bond acceptors (Lipinski definition) is 2. The molecular formula is C18H16F3NO2. The molecule has 3 rings (SSSR count). The second-order valence-corrected chi connectivity index (χ2v) is 5.61. The molecule has 0 radical (unpaired) electrons. The molecule has 0 aliphatic carbocycles. The van der Waals surface area contributed by atoms with Crippen LogP contribution in [0.4, 0.5) is 18.9 Å². The summed E-state index contributed by atoms with van der Waals surface area (Å²) in [6, 6.07) is 10.2. The molecule has 0 spiro atoms. The summed E-state index contributed by atoms with van der Waals surface area (Å²) < 4.78 is 44.1. The Labute approximate surface area is 137 Å². The van der Waals surface area contributed by atoms with Crippen molar-refractivity contribution in [2.24, 2.45) is 0 Å². The van der Waals surface area contributed by atoms with Gasteiger partial charge in [0, 0.05) is 24.6 Å². The van der Waals surface area contributed by atoms with Crippen LogP contribution < -0.4 is 9.64 Å². The van der Waals surface area contributed by atoms with Crippen molar-refractivity contribution in [2.75, 3.05) is 18.6 Å². The average molecular weight is 335 g/mol. The molecule has 0 bridgehead atoms. The van der Waals surface area contributed by atoms with Gasteiger partial charge in [-0.15, -0.1) is 0 Å². The third-order valence-corrected chi connectivity index (χ3v) is 4.07. The van der Waals surface area contributed by atoms with E-state index in [4.69, 9.17) is 4.74 Å². The van der Waals surface area contributed by atoms with Crippen LogP contribution in [-0.2, 0) is 11.0 Å². The fourth-order valence-corrected chi connectivity index (χ4v) is 2.87. The van der Waals surface area contributed by atoms with Crippen molar-refractivity contribution in [3.8, 4) is 16.9 Å². The largest absolute Gasteiger partial charge is 0.497 e. The Morgan fingerprint density at radius 2 is 1.92 bits per heavy atom. The van der Waals surface area contributed by atoms with Gasteiger partial charge in [0.15, 0.2) is 0 Å². The van der Waals surface area contributed by atoms with Crippen LogP contribution in [0.15, 0.2) is 42.5 Å². The Bertz CT molecular complexity index is 771. The first-order valence-electron chi connectivity index (χ1n) is 7.56. The van der Waals surface area contributed by atoms with Gasteiger partial charge in [0.1, 0.15) is 5.75 Å². The van der Waals surface area contributed by atoms with Gasteiger partial charge in [0.25, 0.3) is 0 Å². The first kappa shape index (κ1) is 16.4. The normalized spacial score (nSPS) is 15.0. The summed E-state index contributed by atoms with van der Waals surface area (Å²) in [4.78, 5) is 13.7. The van der Waals surface area contributed by atoms with Crippen LogP contribution >= 0.6 is 0 Å². The van der Waals surface area contributed by atoms with Gasteiger partial charge in [-0.05, 0) is 36.2 Å². The summed E-state index contributed by atoms with van der Waals surface area (Å²) in [6.07, 6.45) is -3.23. The van der Waals surface area contributed by atoms with Gasteiger partial charge in [-0.3, -0.25) is 4.79 Å². The van der Waals surface area contributed by atoms with E-state index in [1.165, 1.54) is 13.2 Å². The van der Waals surface area contributed by atoms with Gasteiger partial charge < -0.3 is 9.64 Å². The van der Waals surface area contributed by atoms with Crippen LogP contribution in [0.5, 0.6) is 5.75 Å². The maximum absolute atomic E-state index is 13.0. The molecule has 126 valence electrons. The maximum Gasteiger partial charge on any atom is 0.416 e. The molecule has 6 heteroatoms. The molecule has 24 heavy (non-hydrogen) atoms. The van der Waals surface area contributed by atoms with Gasteiger partial charge in [-0.25, -0.2) is 0 Å². The molecule has 1 amide bonds. The summed E-state index contributed by atoms with van der Waals surface area (Å²) in [7, 11) is 1.51. The van der Waals surface area contributed by atoms with Crippen LogP contribution in [0.3, 0.4) is 0 Å². The monoisotopic (exact) mass is 335 g/mol. The lowest BCUT2D eigenvalue weighted by molar-refractivity contribution is -0.137. The summed E-state index contributed by atoms with van der Waals surface area (Å²) in [5, 5.41) is 0. The number of ether oxygens (including phenoxy) is 1. The molecule has 1 fully saturated rings. The lowest BCUT2D eigenvalue weighted by Gasteiger charge is -2.21. The number of rotatable bonds is 3. The third kappa shape index (κ3) is 3.09. The van der Waals surface area contributed by atoms with E-state index >= 15 is 0 Å². The summed E-state index contributed by atoms with van der Waals surface area (Å²) >= 11 is 0. The van der Waals surface area contributed by atoms with E-state index in [0.29, 0.717) is 35.5 Å². The zero-order valence-electron chi connectivity index (χ0n) is 13.1. The number of alkyl halides is 3. The van der Waals surface area contributed by atoms with Crippen molar-refractivity contribution in [1.29, 1.82) is 0 Å². The van der Waals surface area contributed by atoms with Gasteiger partial charge in [-0.2, -0.15) is 13.2 Å². The van der Waals surface area contributed by atoms with E-state index in [2.05, 4.69) is 0 Å². The number of hydrogen-bond donors (Lipinski definition) is 0. The van der Waals surface area contributed by atoms with Gasteiger partial charge in [0.2, 0.25) is 5.91 Å². The Morgan fingerprint density at radius 1 is 1.12 bits per heavy atom. The zero-order valence-corrected chi connectivity index (χ0v) is 13.1. The number of halogens is 3. The minimum Gasteiger partial charge on any atom is -0.497 e. The summed E-state index contributed by atoms with van der Waals surface area (Å²) in [6.45, 7) is 0.554. The molecule has 0 unspecified atom stereocenters. The Morgan fingerprint density at radius 3 is 2.54 bits per heavy atom. The molecule has 1 saturated heterocycles. The van der Waals surface area contributed by atoms with Crippen LogP contribution in [0.1, 0.15) is 18.4 Å². The van der Waals surface area contributed by atoms with Gasteiger partial charge >= 0.3 is 6.18 Å². The molecule has 1 aliphatic rings. The highest BCUT2D eigenvalue weighted by atomic mass is 19.4. The molecule has 2 aromatic carbocycles. The van der Waals surface area contributed by atoms with Crippen molar-refractivity contribution in [3.05, 3.63) is 48.0 Å². The minimum absolute atomic E-state index is 0.0310. The summed E-state index contributed by atoms with van der Waals surface area (Å²) in [5.41, 5.74) is 0.866. The Hall–Kier alpha value is -2.50. The number of carbonyl (C=O) groups excluding carboxylic acids is 1. The van der Waals surface area contributed by atoms with Crippen LogP contribution in [0.25, 0.3) is 11.1 Å². The zero-order chi connectivity index (χ0) is 17.3. The number of benzene rings is 2. The molecule has 1 heterocycles. The molecular weight excluding hydrogens is 319 g/mol. The Kier molecular flexibility index (Phi) is 4.22. The third-order valence-electron chi connectivity index (χ3n) is 4.07. The molecule has 0 N–H and O–H groups in total. The van der Waals surface area contributed by atoms with E-state index in [-0.39, 0.29) is 5.91 Å². The first-order chi connectivity index (χ1) is 11.4. The number of anilines is 1. The van der Waals surface area contributed by atoms with E-state index in [1.807, 2.05) is 0 Å². The quantitative estimate of drug-likeness (QED) is 0.826. The highest BCUT2D eigenvalue weighted by molar-refractivity contribution is 5.99. The maximum atomic E-state index is 13.0. The van der Waals surface area contributed by atoms with E-state index in [1.54, 1.807) is 29.2 Å². The molecule has 0 atom stereocenters. The molecule has 1 aliphatic heterocycles. The second-order valence-electron chi connectivity index (χ2n) is 5.61. The van der Waals surface area contributed by atoms with Crippen LogP contribution in [-0.4, -0.2) is 19.6 Å². The molecule has 3 nitrogen and oxygen atoms in total. The number of methoxy groups -OCH3 is 1. The topological polar surface area (TPSA) is 29.5 Å². The SMILES string of the molecule is COc1ccc(-c2cccc(C(F)(F)F)c2)c(N2CCCC2=O)c1. The number of carbonyl (C=O) groups is 1. The smallest absolute Gasteiger partial charge is 0.416 e. The lowest BCUT2D eigenvalue weighted by Crippen LogP contribution is -2.24. The minimum atomic E-state index is -4.41. The fourth-order valence-electron chi connectivity index (χ4n) is 2.87. The first-order valence-corrected chi connectivity index (χ1v) is 7.56. The molecule has 2 aromatic rings. The van der Waals surface area contributed by atoms with Crippen LogP contribution in [0.2, 0.25) is 0 Å². The highest BCUT2D eigenvalue weighted by Crippen LogP contribution is 2.38. The predicted octanol–water partition coefficient (Wildman–Crippen LogP) is 4.51. The average Bonchev–Trinajstić information content (AvgIpc) is 2.99. The van der Waals surface area contributed by atoms with Crippen molar-refractivity contribution in [1.82, 2.24) is 0 Å². The molecule has 0 saturated carbocycles. The van der Waals surface area contributed by atoms with Crippen molar-refractivity contribution >= 4 is 11.6 Å². The molecule has 0 aromatic heterocycles. The van der Waals surface area contributed by atoms with Gasteiger partial charge in [0.05, 0.1) is 18.4 Å². The van der Waals surface area contributed by atoms with Crippen molar-refractivity contribution < 1.29 is 22.7 Å². The van der Waals surface area contributed by atoms with E-state index in [0.717, 1.165) is 18.6 Å². The highest BCUT2D eigenvalue weighted by Gasteiger charge is 2.31.